The highest BCUT2D eigenvalue weighted by atomic mass is 16.3. The molecule has 1 aromatic rings. The van der Waals surface area contributed by atoms with E-state index in [-0.39, 0.29) is 0 Å². The second-order valence-electron chi connectivity index (χ2n) is 4.26. The molecular weight excluding hydrogens is 188 g/mol. The molecule has 0 spiro atoms. The second-order valence-corrected chi connectivity index (χ2v) is 4.26. The minimum atomic E-state index is 0.609. The summed E-state index contributed by atoms with van der Waals surface area (Å²) in [5, 5.41) is 3.37. The highest BCUT2D eigenvalue weighted by molar-refractivity contribution is 5.04. The van der Waals surface area contributed by atoms with Crippen LogP contribution < -0.4 is 5.32 Å². The number of likely N-dealkylation sites (N-methyl/N-ethyl adjacent to an activating group) is 1. The molecule has 1 rings (SSSR count). The minimum Gasteiger partial charge on any atom is -0.465 e. The van der Waals surface area contributed by atoms with Gasteiger partial charge in [-0.1, -0.05) is 0 Å². The first-order chi connectivity index (χ1) is 7.09. The van der Waals surface area contributed by atoms with Crippen molar-refractivity contribution in [1.82, 2.24) is 10.2 Å². The van der Waals surface area contributed by atoms with Crippen LogP contribution in [0, 0.1) is 6.92 Å². The fourth-order valence-corrected chi connectivity index (χ4v) is 1.31. The zero-order chi connectivity index (χ0) is 11.3. The molecule has 0 saturated heterocycles. The topological polar surface area (TPSA) is 28.4 Å². The lowest BCUT2D eigenvalue weighted by molar-refractivity contribution is 0.272. The molecule has 0 amide bonds. The van der Waals surface area contributed by atoms with E-state index in [1.54, 1.807) is 0 Å². The Balaban J connectivity index is 2.12. The van der Waals surface area contributed by atoms with Gasteiger partial charge in [0.05, 0.1) is 6.54 Å². The van der Waals surface area contributed by atoms with E-state index in [0.717, 1.165) is 31.2 Å². The standard InChI is InChI=1S/C12H22N2O/c1-10(2)14(4)8-7-13-9-12-6-5-11(3)15-12/h5-6,10,13H,7-9H2,1-4H3. The molecule has 0 atom stereocenters. The van der Waals surface area contributed by atoms with Gasteiger partial charge in [0.25, 0.3) is 0 Å². The summed E-state index contributed by atoms with van der Waals surface area (Å²) in [7, 11) is 2.14. The monoisotopic (exact) mass is 210 g/mol. The van der Waals surface area contributed by atoms with Gasteiger partial charge < -0.3 is 14.6 Å². The van der Waals surface area contributed by atoms with Crippen molar-refractivity contribution in [2.75, 3.05) is 20.1 Å². The molecule has 86 valence electrons. The molecule has 3 heteroatoms. The van der Waals surface area contributed by atoms with Crippen LogP contribution in [0.25, 0.3) is 0 Å². The maximum absolute atomic E-state index is 5.46. The Bertz CT molecular complexity index is 281. The first kappa shape index (κ1) is 12.3. The zero-order valence-electron chi connectivity index (χ0n) is 10.2. The molecule has 1 heterocycles. The number of rotatable bonds is 6. The van der Waals surface area contributed by atoms with E-state index in [0.29, 0.717) is 6.04 Å². The maximum atomic E-state index is 5.46. The molecule has 15 heavy (non-hydrogen) atoms. The Hall–Kier alpha value is -0.800. The van der Waals surface area contributed by atoms with Crippen LogP contribution in [0.3, 0.4) is 0 Å². The molecule has 0 unspecified atom stereocenters. The van der Waals surface area contributed by atoms with Crippen molar-refractivity contribution in [3.8, 4) is 0 Å². The van der Waals surface area contributed by atoms with Gasteiger partial charge in [-0.25, -0.2) is 0 Å². The van der Waals surface area contributed by atoms with Crippen LogP contribution in [0.1, 0.15) is 25.4 Å². The third-order valence-corrected chi connectivity index (χ3v) is 2.62. The van der Waals surface area contributed by atoms with E-state index in [2.05, 4.69) is 31.1 Å². The van der Waals surface area contributed by atoms with Gasteiger partial charge in [-0.3, -0.25) is 0 Å². The first-order valence-corrected chi connectivity index (χ1v) is 5.56. The summed E-state index contributed by atoms with van der Waals surface area (Å²) in [6.07, 6.45) is 0. The number of hydrogen-bond donors (Lipinski definition) is 1. The third kappa shape index (κ3) is 4.49. The van der Waals surface area contributed by atoms with Gasteiger partial charge >= 0.3 is 0 Å². The van der Waals surface area contributed by atoms with Crippen molar-refractivity contribution in [3.63, 3.8) is 0 Å². The molecule has 0 fully saturated rings. The molecule has 0 aliphatic rings. The lowest BCUT2D eigenvalue weighted by atomic mass is 10.3. The van der Waals surface area contributed by atoms with Crippen LogP contribution >= 0.6 is 0 Å². The molecule has 0 aliphatic carbocycles. The summed E-state index contributed by atoms with van der Waals surface area (Å²) in [4.78, 5) is 2.32. The average molecular weight is 210 g/mol. The van der Waals surface area contributed by atoms with Crippen molar-refractivity contribution >= 4 is 0 Å². The molecule has 1 aromatic heterocycles. The summed E-state index contributed by atoms with van der Waals surface area (Å²) in [5.41, 5.74) is 0. The van der Waals surface area contributed by atoms with E-state index in [9.17, 15) is 0 Å². The van der Waals surface area contributed by atoms with Gasteiger partial charge in [0.1, 0.15) is 11.5 Å². The smallest absolute Gasteiger partial charge is 0.117 e. The van der Waals surface area contributed by atoms with Gasteiger partial charge in [0.15, 0.2) is 0 Å². The summed E-state index contributed by atoms with van der Waals surface area (Å²) in [6, 6.07) is 4.63. The van der Waals surface area contributed by atoms with Gasteiger partial charge in [-0.05, 0) is 40.0 Å². The van der Waals surface area contributed by atoms with Crippen molar-refractivity contribution in [2.45, 2.75) is 33.4 Å². The largest absolute Gasteiger partial charge is 0.465 e. The SMILES string of the molecule is Cc1ccc(CNCCN(C)C(C)C)o1. The van der Waals surface area contributed by atoms with Crippen LogP contribution in [0.5, 0.6) is 0 Å². The Labute approximate surface area is 92.5 Å². The molecule has 0 radical (unpaired) electrons. The van der Waals surface area contributed by atoms with E-state index in [1.807, 2.05) is 19.1 Å². The molecular formula is C12H22N2O. The maximum Gasteiger partial charge on any atom is 0.117 e. The number of aryl methyl sites for hydroxylation is 1. The van der Waals surface area contributed by atoms with Gasteiger partial charge in [0.2, 0.25) is 0 Å². The summed E-state index contributed by atoms with van der Waals surface area (Å²) < 4.78 is 5.46. The van der Waals surface area contributed by atoms with Crippen LogP contribution in [0.15, 0.2) is 16.5 Å². The number of furan rings is 1. The number of nitrogens with one attached hydrogen (secondary N) is 1. The van der Waals surface area contributed by atoms with E-state index < -0.39 is 0 Å². The van der Waals surface area contributed by atoms with Gasteiger partial charge in [-0.2, -0.15) is 0 Å². The Morgan fingerprint density at radius 1 is 1.40 bits per heavy atom. The predicted octanol–water partition coefficient (Wildman–Crippen LogP) is 2.02. The van der Waals surface area contributed by atoms with Gasteiger partial charge in [-0.15, -0.1) is 0 Å². The Morgan fingerprint density at radius 3 is 2.67 bits per heavy atom. The Kier molecular flexibility index (Phi) is 4.85. The Morgan fingerprint density at radius 2 is 2.13 bits per heavy atom. The lowest BCUT2D eigenvalue weighted by Gasteiger charge is -2.20. The van der Waals surface area contributed by atoms with Gasteiger partial charge in [0, 0.05) is 19.1 Å². The van der Waals surface area contributed by atoms with E-state index in [1.165, 1.54) is 0 Å². The average Bonchev–Trinajstić information content (AvgIpc) is 2.58. The third-order valence-electron chi connectivity index (χ3n) is 2.62. The molecule has 0 saturated carbocycles. The highest BCUT2D eigenvalue weighted by Crippen LogP contribution is 2.05. The normalized spacial score (nSPS) is 11.6. The first-order valence-electron chi connectivity index (χ1n) is 5.56. The van der Waals surface area contributed by atoms with Crippen LogP contribution in [-0.2, 0) is 6.54 Å². The molecule has 1 N–H and O–H groups in total. The summed E-state index contributed by atoms with van der Waals surface area (Å²) in [6.45, 7) is 9.26. The molecule has 0 bridgehead atoms. The van der Waals surface area contributed by atoms with Crippen LogP contribution in [-0.4, -0.2) is 31.1 Å². The van der Waals surface area contributed by atoms with Crippen molar-refractivity contribution in [3.05, 3.63) is 23.7 Å². The van der Waals surface area contributed by atoms with Crippen molar-refractivity contribution in [1.29, 1.82) is 0 Å². The van der Waals surface area contributed by atoms with Crippen LogP contribution in [0.2, 0.25) is 0 Å². The number of nitrogens with zero attached hydrogens (tertiary/aromatic N) is 1. The second kappa shape index (κ2) is 5.93. The minimum absolute atomic E-state index is 0.609. The van der Waals surface area contributed by atoms with E-state index in [4.69, 9.17) is 4.42 Å². The van der Waals surface area contributed by atoms with Crippen LogP contribution in [0.4, 0.5) is 0 Å². The molecule has 0 aliphatic heterocycles. The molecule has 3 nitrogen and oxygen atoms in total. The van der Waals surface area contributed by atoms with Crippen molar-refractivity contribution in [2.24, 2.45) is 0 Å². The number of hydrogen-bond acceptors (Lipinski definition) is 3. The van der Waals surface area contributed by atoms with E-state index >= 15 is 0 Å². The molecule has 0 aromatic carbocycles. The lowest BCUT2D eigenvalue weighted by Crippen LogP contribution is -2.33. The quantitative estimate of drug-likeness (QED) is 0.728. The fraction of sp³-hybridized carbons (Fsp3) is 0.667. The fourth-order valence-electron chi connectivity index (χ4n) is 1.31. The summed E-state index contributed by atoms with van der Waals surface area (Å²) in [5.74, 6) is 1.99. The summed E-state index contributed by atoms with van der Waals surface area (Å²) >= 11 is 0. The zero-order valence-corrected chi connectivity index (χ0v) is 10.2. The highest BCUT2D eigenvalue weighted by Gasteiger charge is 2.02. The van der Waals surface area contributed by atoms with Crippen molar-refractivity contribution < 1.29 is 4.42 Å². The predicted molar refractivity (Wildman–Crippen MR) is 62.9 cm³/mol.